The molecule has 21 heavy (non-hydrogen) atoms. The number of benzene rings is 1. The first-order valence-corrected chi connectivity index (χ1v) is 6.56. The Hall–Kier alpha value is -2.88. The number of ether oxygens (including phenoxy) is 1. The number of para-hydroxylation sites is 1. The lowest BCUT2D eigenvalue weighted by Gasteiger charge is -2.11. The molecule has 0 aliphatic carbocycles. The summed E-state index contributed by atoms with van der Waals surface area (Å²) in [5, 5.41) is 0. The summed E-state index contributed by atoms with van der Waals surface area (Å²) < 4.78 is 6.98. The predicted molar refractivity (Wildman–Crippen MR) is 81.8 cm³/mol. The highest BCUT2D eigenvalue weighted by atomic mass is 16.5. The van der Waals surface area contributed by atoms with Gasteiger partial charge in [0, 0.05) is 35.8 Å². The molecule has 0 spiro atoms. The molecule has 1 aromatic carbocycles. The smallest absolute Gasteiger partial charge is 0.255 e. The normalized spacial score (nSPS) is 10.3. The van der Waals surface area contributed by atoms with E-state index >= 15 is 0 Å². The first kappa shape index (κ1) is 13.1. The van der Waals surface area contributed by atoms with Gasteiger partial charge >= 0.3 is 0 Å². The molecule has 4 nitrogen and oxygen atoms in total. The van der Waals surface area contributed by atoms with Crippen LogP contribution in [-0.4, -0.2) is 16.7 Å². The van der Waals surface area contributed by atoms with Gasteiger partial charge in [-0.3, -0.25) is 14.3 Å². The molecule has 0 saturated heterocycles. The first-order valence-electron chi connectivity index (χ1n) is 6.56. The highest BCUT2D eigenvalue weighted by Crippen LogP contribution is 2.28. The van der Waals surface area contributed by atoms with Gasteiger partial charge in [0.1, 0.15) is 5.75 Å². The fourth-order valence-electron chi connectivity index (χ4n) is 2.24. The first-order chi connectivity index (χ1) is 10.3. The minimum absolute atomic E-state index is 0.0835. The number of nitrogens with zero attached hydrogens (tertiary/aromatic N) is 2. The third kappa shape index (κ3) is 2.56. The fourth-order valence-corrected chi connectivity index (χ4v) is 2.24. The zero-order valence-corrected chi connectivity index (χ0v) is 11.6. The summed E-state index contributed by atoms with van der Waals surface area (Å²) in [6.45, 7) is 0. The lowest BCUT2D eigenvalue weighted by Crippen LogP contribution is -2.16. The monoisotopic (exact) mass is 278 g/mol. The second-order valence-corrected chi connectivity index (χ2v) is 4.53. The van der Waals surface area contributed by atoms with Crippen LogP contribution in [0.4, 0.5) is 0 Å². The third-order valence-electron chi connectivity index (χ3n) is 3.27. The van der Waals surface area contributed by atoms with E-state index in [1.54, 1.807) is 48.3 Å². The molecule has 3 aromatic rings. The average molecular weight is 278 g/mol. The van der Waals surface area contributed by atoms with E-state index in [9.17, 15) is 4.79 Å². The van der Waals surface area contributed by atoms with Gasteiger partial charge in [-0.05, 0) is 24.3 Å². The zero-order chi connectivity index (χ0) is 14.7. The van der Waals surface area contributed by atoms with E-state index in [0.29, 0.717) is 0 Å². The second-order valence-electron chi connectivity index (χ2n) is 4.53. The van der Waals surface area contributed by atoms with E-state index in [1.807, 2.05) is 30.5 Å². The predicted octanol–water partition coefficient (Wildman–Crippen LogP) is 2.91. The van der Waals surface area contributed by atoms with Crippen LogP contribution in [0.3, 0.4) is 0 Å². The van der Waals surface area contributed by atoms with Crippen molar-refractivity contribution in [2.24, 2.45) is 0 Å². The van der Waals surface area contributed by atoms with Crippen LogP contribution in [0.25, 0.3) is 16.8 Å². The van der Waals surface area contributed by atoms with E-state index in [2.05, 4.69) is 4.98 Å². The summed E-state index contributed by atoms with van der Waals surface area (Å²) in [7, 11) is 1.64. The number of hydrogen-bond donors (Lipinski definition) is 0. The van der Waals surface area contributed by atoms with Crippen LogP contribution in [0.15, 0.2) is 71.9 Å². The third-order valence-corrected chi connectivity index (χ3v) is 3.27. The molecular weight excluding hydrogens is 264 g/mol. The molecule has 104 valence electrons. The number of aromatic nitrogens is 2. The van der Waals surface area contributed by atoms with E-state index in [4.69, 9.17) is 4.74 Å². The minimum Gasteiger partial charge on any atom is -0.496 e. The van der Waals surface area contributed by atoms with Gasteiger partial charge in [0.2, 0.25) is 0 Å². The summed E-state index contributed by atoms with van der Waals surface area (Å²) in [6.07, 6.45) is 5.14. The van der Waals surface area contributed by atoms with Crippen LogP contribution >= 0.6 is 0 Å². The minimum atomic E-state index is -0.0835. The maximum absolute atomic E-state index is 12.1. The Bertz CT molecular complexity index is 810. The van der Waals surface area contributed by atoms with Crippen LogP contribution < -0.4 is 10.3 Å². The molecule has 0 radical (unpaired) electrons. The van der Waals surface area contributed by atoms with E-state index in [0.717, 1.165) is 22.6 Å². The summed E-state index contributed by atoms with van der Waals surface area (Å²) in [4.78, 5) is 16.0. The number of rotatable bonds is 3. The molecule has 0 bridgehead atoms. The number of methoxy groups -OCH3 is 1. The highest BCUT2D eigenvalue weighted by molar-refractivity contribution is 5.69. The van der Waals surface area contributed by atoms with Crippen molar-refractivity contribution >= 4 is 0 Å². The topological polar surface area (TPSA) is 44.1 Å². The Labute approximate surface area is 122 Å². The molecule has 2 heterocycles. The lowest BCUT2D eigenvalue weighted by molar-refractivity contribution is 0.416. The molecule has 4 heteroatoms. The molecular formula is C17H14N2O2. The van der Waals surface area contributed by atoms with Crippen LogP contribution in [0.5, 0.6) is 5.75 Å². The average Bonchev–Trinajstić information content (AvgIpc) is 2.56. The maximum atomic E-state index is 12.1. The molecule has 0 N–H and O–H groups in total. The van der Waals surface area contributed by atoms with Gasteiger partial charge in [0.15, 0.2) is 0 Å². The Balaban J connectivity index is 2.16. The Morgan fingerprint density at radius 3 is 2.52 bits per heavy atom. The molecule has 0 aliphatic heterocycles. The van der Waals surface area contributed by atoms with Crippen LogP contribution in [0.2, 0.25) is 0 Å². The Kier molecular flexibility index (Phi) is 3.51. The number of hydrogen-bond acceptors (Lipinski definition) is 3. The maximum Gasteiger partial charge on any atom is 0.255 e. The van der Waals surface area contributed by atoms with Gasteiger partial charge in [-0.15, -0.1) is 0 Å². The van der Waals surface area contributed by atoms with Gasteiger partial charge < -0.3 is 4.74 Å². The van der Waals surface area contributed by atoms with Crippen molar-refractivity contribution in [2.45, 2.75) is 0 Å². The molecule has 0 saturated carbocycles. The van der Waals surface area contributed by atoms with E-state index < -0.39 is 0 Å². The van der Waals surface area contributed by atoms with Gasteiger partial charge in [0.05, 0.1) is 12.8 Å². The molecule has 3 rings (SSSR count). The molecule has 0 unspecified atom stereocenters. The van der Waals surface area contributed by atoms with Crippen molar-refractivity contribution in [1.82, 2.24) is 9.55 Å². The molecule has 2 aromatic heterocycles. The molecule has 0 atom stereocenters. The highest BCUT2D eigenvalue weighted by Gasteiger charge is 2.07. The standard InChI is InChI=1S/C17H14N2O2/c1-21-16-5-3-2-4-15(16)13-6-7-17(20)19(12-13)14-8-10-18-11-9-14/h2-12H,1H3. The van der Waals surface area contributed by atoms with Crippen molar-refractivity contribution < 1.29 is 4.74 Å². The molecule has 0 fully saturated rings. The van der Waals surface area contributed by atoms with Crippen molar-refractivity contribution in [3.63, 3.8) is 0 Å². The summed E-state index contributed by atoms with van der Waals surface area (Å²) >= 11 is 0. The van der Waals surface area contributed by atoms with Crippen LogP contribution in [0.1, 0.15) is 0 Å². The fraction of sp³-hybridized carbons (Fsp3) is 0.0588. The second kappa shape index (κ2) is 5.63. The van der Waals surface area contributed by atoms with Gasteiger partial charge in [-0.1, -0.05) is 18.2 Å². The van der Waals surface area contributed by atoms with Gasteiger partial charge in [0.25, 0.3) is 5.56 Å². The van der Waals surface area contributed by atoms with Crippen molar-refractivity contribution in [3.8, 4) is 22.6 Å². The Morgan fingerprint density at radius 1 is 1.00 bits per heavy atom. The van der Waals surface area contributed by atoms with Crippen molar-refractivity contribution in [1.29, 1.82) is 0 Å². The van der Waals surface area contributed by atoms with Gasteiger partial charge in [-0.2, -0.15) is 0 Å². The van der Waals surface area contributed by atoms with Gasteiger partial charge in [-0.25, -0.2) is 0 Å². The molecule has 0 aliphatic rings. The van der Waals surface area contributed by atoms with Crippen molar-refractivity contribution in [2.75, 3.05) is 7.11 Å². The largest absolute Gasteiger partial charge is 0.496 e. The molecule has 0 amide bonds. The van der Waals surface area contributed by atoms with E-state index in [1.165, 1.54) is 0 Å². The van der Waals surface area contributed by atoms with Crippen LogP contribution in [0, 0.1) is 0 Å². The van der Waals surface area contributed by atoms with Crippen LogP contribution in [-0.2, 0) is 0 Å². The Morgan fingerprint density at radius 2 is 1.76 bits per heavy atom. The number of pyridine rings is 2. The quantitative estimate of drug-likeness (QED) is 0.740. The SMILES string of the molecule is COc1ccccc1-c1ccc(=O)n(-c2ccncc2)c1. The van der Waals surface area contributed by atoms with E-state index in [-0.39, 0.29) is 5.56 Å². The lowest BCUT2D eigenvalue weighted by atomic mass is 10.1. The van der Waals surface area contributed by atoms with Crippen molar-refractivity contribution in [3.05, 3.63) is 77.5 Å². The zero-order valence-electron chi connectivity index (χ0n) is 11.6. The summed E-state index contributed by atoms with van der Waals surface area (Å²) in [6, 6.07) is 14.7. The summed E-state index contributed by atoms with van der Waals surface area (Å²) in [5.41, 5.74) is 2.57. The summed E-state index contributed by atoms with van der Waals surface area (Å²) in [5.74, 6) is 0.775.